The smallest absolute Gasteiger partial charge is 0.275 e. The van der Waals surface area contributed by atoms with Crippen LogP contribution in [0.5, 0.6) is 0 Å². The fourth-order valence-corrected chi connectivity index (χ4v) is 11.4. The fourth-order valence-electron chi connectivity index (χ4n) is 11.4. The van der Waals surface area contributed by atoms with Crippen LogP contribution in [0.1, 0.15) is 106 Å². The maximum Gasteiger partial charge on any atom is 0.275 e. The van der Waals surface area contributed by atoms with Crippen molar-refractivity contribution in [3.63, 3.8) is 0 Å². The quantitative estimate of drug-likeness (QED) is 0.131. The first-order valence-corrected chi connectivity index (χ1v) is 24.7. The molecule has 0 spiro atoms. The molecule has 6 aromatic rings. The topological polar surface area (TPSA) is 235 Å². The normalized spacial score (nSPS) is 23.1. The number of allylic oxidation sites excluding steroid dienone is 2. The maximum atomic E-state index is 13.8. The first kappa shape index (κ1) is 50.7. The molecule has 4 aliphatic rings. The van der Waals surface area contributed by atoms with Gasteiger partial charge in [0.2, 0.25) is 11.8 Å². The van der Waals surface area contributed by atoms with E-state index in [0.717, 1.165) is 11.1 Å². The molecule has 4 N–H and O–H groups in total. The molecule has 380 valence electrons. The van der Waals surface area contributed by atoms with Crippen LogP contribution in [0, 0.1) is 23.7 Å². The van der Waals surface area contributed by atoms with Crippen molar-refractivity contribution in [3.05, 3.63) is 200 Å². The molecule has 0 unspecified atom stereocenters. The van der Waals surface area contributed by atoms with Gasteiger partial charge in [-0.05, 0) is 63.1 Å². The van der Waals surface area contributed by atoms with Gasteiger partial charge in [0.15, 0.2) is 0 Å². The predicted octanol–water partition coefficient (Wildman–Crippen LogP) is 4.71. The Kier molecular flexibility index (Phi) is 15.0. The number of likely N-dealkylation sites (tertiary alicyclic amines) is 2. The van der Waals surface area contributed by atoms with Gasteiger partial charge in [0, 0.05) is 97.3 Å². The summed E-state index contributed by atoms with van der Waals surface area (Å²) in [7, 11) is 0. The van der Waals surface area contributed by atoms with Gasteiger partial charge in [-0.2, -0.15) is 0 Å². The molecule has 10 atom stereocenters. The summed E-state index contributed by atoms with van der Waals surface area (Å²) >= 11 is 0. The van der Waals surface area contributed by atoms with Crippen molar-refractivity contribution in [2.45, 2.75) is 77.0 Å². The Morgan fingerprint density at radius 3 is 1.32 bits per heavy atom. The number of benzene rings is 2. The van der Waals surface area contributed by atoms with Gasteiger partial charge >= 0.3 is 0 Å². The minimum Gasteiger partial charge on any atom is -0.396 e. The van der Waals surface area contributed by atoms with E-state index in [-0.39, 0.29) is 71.5 Å². The molecule has 0 radical (unpaired) electrons. The van der Waals surface area contributed by atoms with Crippen molar-refractivity contribution in [2.75, 3.05) is 13.2 Å². The Hall–Kier alpha value is -8.22. The largest absolute Gasteiger partial charge is 0.396 e. The van der Waals surface area contributed by atoms with Crippen LogP contribution in [0.4, 0.5) is 0 Å². The molecule has 0 bridgehead atoms. The van der Waals surface area contributed by atoms with E-state index in [1.165, 1.54) is 47.0 Å². The molecule has 4 aromatic heterocycles. The predicted molar refractivity (Wildman–Crippen MR) is 274 cm³/mol. The number of fused-ring (bicyclic) bond motifs is 6. The Balaban J connectivity index is 0.000000182. The number of hydrogen-bond donors (Lipinski definition) is 4. The highest BCUT2D eigenvalue weighted by atomic mass is 16.3. The van der Waals surface area contributed by atoms with E-state index in [9.17, 15) is 39.0 Å². The summed E-state index contributed by atoms with van der Waals surface area (Å²) in [6.07, 6.45) is 15.6. The number of carbonyl (C=O) groups is 4. The van der Waals surface area contributed by atoms with Crippen molar-refractivity contribution in [2.24, 2.45) is 23.7 Å². The second kappa shape index (κ2) is 21.9. The zero-order chi connectivity index (χ0) is 52.2. The number of aliphatic hydroxyl groups excluding tert-OH is 2. The highest BCUT2D eigenvalue weighted by molar-refractivity contribution is 5.98. The summed E-state index contributed by atoms with van der Waals surface area (Å²) in [5, 5.41) is 27.1. The van der Waals surface area contributed by atoms with Gasteiger partial charge in [-0.3, -0.25) is 38.7 Å². The molecule has 2 saturated heterocycles. The van der Waals surface area contributed by atoms with Crippen LogP contribution in [-0.4, -0.2) is 98.0 Å². The van der Waals surface area contributed by atoms with E-state index in [1.807, 2.05) is 100 Å². The molecular weight excluding hydrogens is 941 g/mol. The lowest BCUT2D eigenvalue weighted by Crippen LogP contribution is -2.51. The first-order valence-electron chi connectivity index (χ1n) is 24.7. The third-order valence-electron chi connectivity index (χ3n) is 14.8. The number of nitrogens with one attached hydrogen (secondary N) is 2. The molecule has 18 heteroatoms. The average Bonchev–Trinajstić information content (AvgIpc) is 4.18. The molecule has 74 heavy (non-hydrogen) atoms. The highest BCUT2D eigenvalue weighted by Crippen LogP contribution is 2.51. The fraction of sp³-hybridized carbons (Fsp3) is 0.321. The van der Waals surface area contributed by atoms with Gasteiger partial charge in [0.1, 0.15) is 23.5 Å². The summed E-state index contributed by atoms with van der Waals surface area (Å²) in [6, 6.07) is 22.6. The minimum absolute atomic E-state index is 0.0973. The van der Waals surface area contributed by atoms with E-state index in [0.29, 0.717) is 35.6 Å². The van der Waals surface area contributed by atoms with E-state index in [4.69, 9.17) is 0 Å². The number of aliphatic hydroxyl groups is 2. The molecule has 2 fully saturated rings. The summed E-state index contributed by atoms with van der Waals surface area (Å²) in [5.74, 6) is -3.43. The van der Waals surface area contributed by atoms with Crippen LogP contribution < -0.4 is 21.8 Å². The molecular formula is C56H58N10O8. The van der Waals surface area contributed by atoms with Gasteiger partial charge in [-0.1, -0.05) is 85.0 Å². The van der Waals surface area contributed by atoms with Crippen LogP contribution >= 0.6 is 0 Å². The third-order valence-corrected chi connectivity index (χ3v) is 14.8. The Labute approximate surface area is 427 Å². The second-order valence-electron chi connectivity index (χ2n) is 18.9. The molecule has 2 aromatic carbocycles. The number of carbonyl (C=O) groups excluding carboxylic acids is 4. The third kappa shape index (κ3) is 9.37. The van der Waals surface area contributed by atoms with Crippen LogP contribution in [0.3, 0.4) is 0 Å². The second-order valence-corrected chi connectivity index (χ2v) is 18.9. The Bertz CT molecular complexity index is 2990. The van der Waals surface area contributed by atoms with Crippen molar-refractivity contribution in [1.29, 1.82) is 0 Å². The van der Waals surface area contributed by atoms with E-state index >= 15 is 0 Å². The molecule has 0 saturated carbocycles. The number of rotatable bonds is 12. The molecule has 4 amide bonds. The number of amides is 4. The Morgan fingerprint density at radius 2 is 0.986 bits per heavy atom. The monoisotopic (exact) mass is 998 g/mol. The van der Waals surface area contributed by atoms with Crippen molar-refractivity contribution < 1.29 is 29.4 Å². The van der Waals surface area contributed by atoms with Gasteiger partial charge in [0.25, 0.3) is 22.9 Å². The summed E-state index contributed by atoms with van der Waals surface area (Å²) < 4.78 is 3.32. The summed E-state index contributed by atoms with van der Waals surface area (Å²) in [5.41, 5.74) is 4.11. The number of nitrogens with zero attached hydrogens (tertiary/aromatic N) is 8. The Morgan fingerprint density at radius 1 is 0.595 bits per heavy atom. The molecule has 8 heterocycles. The lowest BCUT2D eigenvalue weighted by atomic mass is 9.88. The van der Waals surface area contributed by atoms with Crippen molar-refractivity contribution in [3.8, 4) is 0 Å². The van der Waals surface area contributed by atoms with E-state index < -0.39 is 47.8 Å². The highest BCUT2D eigenvalue weighted by Gasteiger charge is 2.59. The van der Waals surface area contributed by atoms with Gasteiger partial charge < -0.3 is 39.8 Å². The van der Waals surface area contributed by atoms with Crippen LogP contribution in [0.15, 0.2) is 144 Å². The van der Waals surface area contributed by atoms with Crippen molar-refractivity contribution in [1.82, 2.24) is 49.5 Å². The van der Waals surface area contributed by atoms with Crippen molar-refractivity contribution >= 4 is 35.8 Å². The minimum atomic E-state index is -0.945. The first-order chi connectivity index (χ1) is 35.9. The van der Waals surface area contributed by atoms with Gasteiger partial charge in [0.05, 0.1) is 36.6 Å². The number of hydrogen-bond acceptors (Lipinski definition) is 12. The molecule has 0 aliphatic carbocycles. The average molecular weight is 999 g/mol. The van der Waals surface area contributed by atoms with Crippen LogP contribution in [0.2, 0.25) is 0 Å². The zero-order valence-corrected chi connectivity index (χ0v) is 41.4. The maximum absolute atomic E-state index is 13.8. The van der Waals surface area contributed by atoms with Gasteiger partial charge in [-0.15, -0.1) is 0 Å². The van der Waals surface area contributed by atoms with Crippen LogP contribution in [0.25, 0.3) is 12.2 Å². The zero-order valence-electron chi connectivity index (χ0n) is 41.4. The van der Waals surface area contributed by atoms with E-state index in [2.05, 4.69) is 30.6 Å². The standard InChI is InChI=1S/2C28H29N5O4/c2*1-3-7-19-10-11-23-24-20(15-32(23)27(19)36)21(16-34)25(33(24)28(37)22-14-29-12-13-30-22)26(35)31-17(2)18-8-5-4-6-9-18/h2*3-14,17,20-21,24-25,34H,15-16H2,1-2H3,(H,31,35)/b7-3+;7-3-/t2*17-,20-,21-,24+,25-/m00/s1. The summed E-state index contributed by atoms with van der Waals surface area (Å²) in [4.78, 5) is 101. The number of aromatic nitrogens is 6. The molecule has 10 rings (SSSR count). The molecule has 4 aliphatic heterocycles. The lowest BCUT2D eigenvalue weighted by Gasteiger charge is -2.31. The van der Waals surface area contributed by atoms with E-state index in [1.54, 1.807) is 45.6 Å². The molecule has 18 nitrogen and oxygen atoms in total. The SMILES string of the molecule is C/C=C/c1ccc2n(c1=O)C[C@H]1[C@H](CO)[C@@H](C(=O)N[C@@H](C)c3ccccc3)N(C(=O)c3cnccn3)[C@@H]21.C/C=C\c1ccc2n(c1=O)C[C@H]1[C@H](CO)[C@@H](C(=O)N[C@@H](C)c3ccccc3)N(C(=O)c3cnccn3)[C@@H]21. The summed E-state index contributed by atoms with van der Waals surface area (Å²) in [6.45, 7) is 7.42. The lowest BCUT2D eigenvalue weighted by molar-refractivity contribution is -0.128. The van der Waals surface area contributed by atoms with Gasteiger partial charge in [-0.25, -0.2) is 9.97 Å². The number of pyridine rings is 2. The van der Waals surface area contributed by atoms with Crippen LogP contribution in [-0.2, 0) is 22.7 Å².